The zero-order chi connectivity index (χ0) is 21.1. The van der Waals surface area contributed by atoms with Gasteiger partial charge in [0.2, 0.25) is 0 Å². The van der Waals surface area contributed by atoms with Gasteiger partial charge in [-0.15, -0.1) is 0 Å². The highest BCUT2D eigenvalue weighted by Crippen LogP contribution is 2.24. The van der Waals surface area contributed by atoms with Crippen LogP contribution in [0, 0.1) is 5.92 Å². The number of aromatic carboxylic acids is 1. The number of carboxylic acid groups (broad SMARTS) is 1. The molecule has 2 aromatic carbocycles. The second kappa shape index (κ2) is 8.52. The maximum Gasteiger partial charge on any atom is 0.336 e. The van der Waals surface area contributed by atoms with Gasteiger partial charge in [-0.1, -0.05) is 56.3 Å². The Bertz CT molecular complexity index is 1060. The Morgan fingerprint density at radius 1 is 1.00 bits per heavy atom. The average molecular weight is 392 g/mol. The molecule has 0 bridgehead atoms. The van der Waals surface area contributed by atoms with Crippen LogP contribution in [0.2, 0.25) is 0 Å². The molecule has 3 aromatic rings. The van der Waals surface area contributed by atoms with Crippen LogP contribution in [0.15, 0.2) is 59.5 Å². The number of hydrogen-bond acceptors (Lipinski definition) is 2. The predicted octanol–water partition coefficient (Wildman–Crippen LogP) is 4.84. The lowest BCUT2D eigenvalue weighted by atomic mass is 9.98. The molecule has 0 saturated carbocycles. The standard InChI is InChI=1S/C24H28N2O3/c1-16(2)13-20-15-25(17(3)4)24(29)26(20)14-18-9-11-19(12-10-18)21-7-5-6-8-22(21)23(27)28/h5-12,15-17H,13-14H2,1-4H3,(H,27,28). The number of carbonyl (C=O) groups is 1. The van der Waals surface area contributed by atoms with E-state index in [1.807, 2.05) is 61.0 Å². The number of carboxylic acids is 1. The zero-order valence-corrected chi connectivity index (χ0v) is 17.4. The largest absolute Gasteiger partial charge is 0.478 e. The van der Waals surface area contributed by atoms with Gasteiger partial charge in [0.1, 0.15) is 0 Å². The Hall–Kier alpha value is -3.08. The molecule has 0 saturated heterocycles. The van der Waals surface area contributed by atoms with Crippen LogP contribution in [0.25, 0.3) is 11.1 Å². The molecule has 0 aliphatic heterocycles. The number of imidazole rings is 1. The van der Waals surface area contributed by atoms with Crippen LogP contribution in [0.4, 0.5) is 0 Å². The summed E-state index contributed by atoms with van der Waals surface area (Å²) in [5.74, 6) is -0.483. The Labute approximate surface area is 171 Å². The van der Waals surface area contributed by atoms with Crippen molar-refractivity contribution in [1.29, 1.82) is 0 Å². The minimum absolute atomic E-state index is 0.0101. The molecule has 3 rings (SSSR count). The van der Waals surface area contributed by atoms with Crippen molar-refractivity contribution in [3.63, 3.8) is 0 Å². The van der Waals surface area contributed by atoms with Crippen molar-refractivity contribution in [2.45, 2.75) is 46.7 Å². The van der Waals surface area contributed by atoms with Gasteiger partial charge in [-0.3, -0.25) is 9.13 Å². The monoisotopic (exact) mass is 392 g/mol. The van der Waals surface area contributed by atoms with Gasteiger partial charge in [-0.25, -0.2) is 9.59 Å². The number of benzene rings is 2. The Morgan fingerprint density at radius 2 is 1.66 bits per heavy atom. The molecule has 0 spiro atoms. The molecule has 1 aromatic heterocycles. The van der Waals surface area contributed by atoms with Crippen molar-refractivity contribution in [3.05, 3.63) is 82.0 Å². The van der Waals surface area contributed by atoms with Crippen LogP contribution in [0.1, 0.15) is 55.4 Å². The molecule has 0 unspecified atom stereocenters. The van der Waals surface area contributed by atoms with Crippen LogP contribution in [0.3, 0.4) is 0 Å². The van der Waals surface area contributed by atoms with Gasteiger partial charge in [0.25, 0.3) is 0 Å². The third-order valence-corrected chi connectivity index (χ3v) is 5.02. The summed E-state index contributed by atoms with van der Waals surface area (Å²) in [4.78, 5) is 24.4. The normalized spacial score (nSPS) is 11.4. The van der Waals surface area contributed by atoms with Gasteiger partial charge < -0.3 is 5.11 Å². The fourth-order valence-electron chi connectivity index (χ4n) is 3.56. The zero-order valence-electron chi connectivity index (χ0n) is 17.4. The Morgan fingerprint density at radius 3 is 2.24 bits per heavy atom. The molecular formula is C24H28N2O3. The van der Waals surface area contributed by atoms with E-state index in [9.17, 15) is 14.7 Å². The van der Waals surface area contributed by atoms with E-state index in [1.54, 1.807) is 16.7 Å². The first kappa shape index (κ1) is 20.6. The maximum atomic E-state index is 12.9. The minimum Gasteiger partial charge on any atom is -0.478 e. The van der Waals surface area contributed by atoms with E-state index in [2.05, 4.69) is 13.8 Å². The highest BCUT2D eigenvalue weighted by Gasteiger charge is 2.15. The summed E-state index contributed by atoms with van der Waals surface area (Å²) in [6.07, 6.45) is 2.82. The van der Waals surface area contributed by atoms with E-state index in [0.717, 1.165) is 23.2 Å². The van der Waals surface area contributed by atoms with E-state index in [-0.39, 0.29) is 17.3 Å². The Balaban J connectivity index is 1.93. The SMILES string of the molecule is CC(C)Cc1cn(C(C)C)c(=O)n1Cc1ccc(-c2ccccc2C(=O)O)cc1. The van der Waals surface area contributed by atoms with Gasteiger partial charge in [-0.2, -0.15) is 0 Å². The smallest absolute Gasteiger partial charge is 0.336 e. The summed E-state index contributed by atoms with van der Waals surface area (Å²) >= 11 is 0. The van der Waals surface area contributed by atoms with Gasteiger partial charge in [0, 0.05) is 17.9 Å². The van der Waals surface area contributed by atoms with E-state index in [0.29, 0.717) is 18.0 Å². The molecule has 29 heavy (non-hydrogen) atoms. The number of aromatic nitrogens is 2. The van der Waals surface area contributed by atoms with E-state index >= 15 is 0 Å². The molecule has 1 heterocycles. The number of nitrogens with zero attached hydrogens (tertiary/aromatic N) is 2. The number of hydrogen-bond donors (Lipinski definition) is 1. The average Bonchev–Trinajstić information content (AvgIpc) is 2.98. The molecule has 0 aliphatic rings. The Kier molecular flexibility index (Phi) is 6.06. The summed E-state index contributed by atoms with van der Waals surface area (Å²) in [5, 5.41) is 9.42. The first-order valence-electron chi connectivity index (χ1n) is 10.00. The lowest BCUT2D eigenvalue weighted by Crippen LogP contribution is -2.26. The first-order chi connectivity index (χ1) is 13.8. The molecule has 0 radical (unpaired) electrons. The summed E-state index contributed by atoms with van der Waals surface area (Å²) in [6.45, 7) is 8.83. The molecule has 0 fully saturated rings. The molecule has 0 atom stereocenters. The molecular weight excluding hydrogens is 364 g/mol. The van der Waals surface area contributed by atoms with Crippen molar-refractivity contribution in [3.8, 4) is 11.1 Å². The van der Waals surface area contributed by atoms with Gasteiger partial charge in [0.05, 0.1) is 12.1 Å². The molecule has 152 valence electrons. The van der Waals surface area contributed by atoms with Crippen molar-refractivity contribution in [2.24, 2.45) is 5.92 Å². The third-order valence-electron chi connectivity index (χ3n) is 5.02. The van der Waals surface area contributed by atoms with Crippen molar-refractivity contribution >= 4 is 5.97 Å². The summed E-state index contributed by atoms with van der Waals surface area (Å²) in [6, 6.07) is 14.9. The number of rotatable bonds is 7. The van der Waals surface area contributed by atoms with Crippen LogP contribution in [-0.4, -0.2) is 20.2 Å². The maximum absolute atomic E-state index is 12.9. The topological polar surface area (TPSA) is 64.2 Å². The second-order valence-electron chi connectivity index (χ2n) is 8.14. The van der Waals surface area contributed by atoms with Crippen molar-refractivity contribution < 1.29 is 9.90 Å². The fourth-order valence-corrected chi connectivity index (χ4v) is 3.56. The lowest BCUT2D eigenvalue weighted by Gasteiger charge is -2.11. The van der Waals surface area contributed by atoms with Crippen LogP contribution in [-0.2, 0) is 13.0 Å². The molecule has 0 amide bonds. The summed E-state index contributed by atoms with van der Waals surface area (Å²) in [7, 11) is 0. The van der Waals surface area contributed by atoms with Gasteiger partial charge in [0.15, 0.2) is 0 Å². The summed E-state index contributed by atoms with van der Waals surface area (Å²) < 4.78 is 3.63. The minimum atomic E-state index is -0.940. The van der Waals surface area contributed by atoms with E-state index < -0.39 is 5.97 Å². The van der Waals surface area contributed by atoms with Crippen LogP contribution >= 0.6 is 0 Å². The fraction of sp³-hybridized carbons (Fsp3) is 0.333. The second-order valence-corrected chi connectivity index (χ2v) is 8.14. The molecule has 5 heteroatoms. The third kappa shape index (κ3) is 4.50. The highest BCUT2D eigenvalue weighted by atomic mass is 16.4. The molecule has 1 N–H and O–H groups in total. The van der Waals surface area contributed by atoms with Crippen molar-refractivity contribution in [1.82, 2.24) is 9.13 Å². The quantitative estimate of drug-likeness (QED) is 0.625. The van der Waals surface area contributed by atoms with E-state index in [1.165, 1.54) is 0 Å². The lowest BCUT2D eigenvalue weighted by molar-refractivity contribution is 0.0697. The molecule has 5 nitrogen and oxygen atoms in total. The summed E-state index contributed by atoms with van der Waals surface area (Å²) in [5.41, 5.74) is 3.88. The van der Waals surface area contributed by atoms with Gasteiger partial charge in [-0.05, 0) is 48.9 Å². The first-order valence-corrected chi connectivity index (χ1v) is 10.00. The highest BCUT2D eigenvalue weighted by molar-refractivity contribution is 5.95. The predicted molar refractivity (Wildman–Crippen MR) is 116 cm³/mol. The van der Waals surface area contributed by atoms with E-state index in [4.69, 9.17) is 0 Å². The van der Waals surface area contributed by atoms with Crippen LogP contribution < -0.4 is 5.69 Å². The molecule has 0 aliphatic carbocycles. The van der Waals surface area contributed by atoms with Crippen LogP contribution in [0.5, 0.6) is 0 Å². The van der Waals surface area contributed by atoms with Gasteiger partial charge >= 0.3 is 11.7 Å². The van der Waals surface area contributed by atoms with Crippen molar-refractivity contribution in [2.75, 3.05) is 0 Å².